The molecule has 0 radical (unpaired) electrons. The fourth-order valence-electron chi connectivity index (χ4n) is 2.08. The Morgan fingerprint density at radius 3 is 2.95 bits per heavy atom. The lowest BCUT2D eigenvalue weighted by molar-refractivity contribution is -0.0716. The zero-order chi connectivity index (χ0) is 13.7. The molecule has 1 N–H and O–H groups in total. The summed E-state index contributed by atoms with van der Waals surface area (Å²) >= 11 is 3.47. The number of benzene rings is 1. The first kappa shape index (κ1) is 14.8. The van der Waals surface area contributed by atoms with Gasteiger partial charge in [-0.25, -0.2) is 0 Å². The van der Waals surface area contributed by atoms with Gasteiger partial charge in [0.15, 0.2) is 0 Å². The lowest BCUT2D eigenvalue weighted by Gasteiger charge is -2.28. The average Bonchev–Trinajstić information content (AvgIpc) is 2.39. The van der Waals surface area contributed by atoms with E-state index in [-0.39, 0.29) is 12.2 Å². The largest absolute Gasteiger partial charge is 0.496 e. The van der Waals surface area contributed by atoms with Crippen molar-refractivity contribution in [2.75, 3.05) is 26.8 Å². The second-order valence-electron chi connectivity index (χ2n) is 4.71. The van der Waals surface area contributed by atoms with Gasteiger partial charge < -0.3 is 19.5 Å². The molecule has 4 nitrogen and oxygen atoms in total. The van der Waals surface area contributed by atoms with Crippen molar-refractivity contribution >= 4 is 15.9 Å². The minimum absolute atomic E-state index is 0.144. The number of nitrogens with one attached hydrogen (secondary N) is 1. The Bertz CT molecular complexity index is 414. The van der Waals surface area contributed by atoms with E-state index in [0.717, 1.165) is 28.9 Å². The predicted octanol–water partition coefficient (Wildman–Crippen LogP) is 2.35. The Balaban J connectivity index is 1.77. The molecule has 1 aromatic carbocycles. The summed E-state index contributed by atoms with van der Waals surface area (Å²) in [6.07, 6.45) is 0.405. The molecule has 0 saturated carbocycles. The number of methoxy groups -OCH3 is 1. The highest BCUT2D eigenvalue weighted by Crippen LogP contribution is 2.25. The topological polar surface area (TPSA) is 39.7 Å². The van der Waals surface area contributed by atoms with Crippen molar-refractivity contribution in [3.63, 3.8) is 0 Å². The van der Waals surface area contributed by atoms with Crippen LogP contribution in [-0.4, -0.2) is 39.0 Å². The summed E-state index contributed by atoms with van der Waals surface area (Å²) < 4.78 is 17.6. The maximum absolute atomic E-state index is 5.77. The van der Waals surface area contributed by atoms with E-state index in [1.807, 2.05) is 18.2 Å². The van der Waals surface area contributed by atoms with Gasteiger partial charge in [-0.15, -0.1) is 0 Å². The van der Waals surface area contributed by atoms with Crippen LogP contribution < -0.4 is 10.1 Å². The van der Waals surface area contributed by atoms with E-state index in [4.69, 9.17) is 14.2 Å². The number of rotatable bonds is 5. The molecule has 1 aliphatic heterocycles. The van der Waals surface area contributed by atoms with Crippen LogP contribution in [0.5, 0.6) is 5.75 Å². The number of halogens is 1. The summed E-state index contributed by atoms with van der Waals surface area (Å²) in [6.45, 7) is 5.04. The number of hydrogen-bond acceptors (Lipinski definition) is 4. The van der Waals surface area contributed by atoms with E-state index in [1.165, 1.54) is 0 Å². The van der Waals surface area contributed by atoms with Crippen LogP contribution in [0.15, 0.2) is 22.7 Å². The Labute approximate surface area is 122 Å². The Kier molecular flexibility index (Phi) is 5.63. The Morgan fingerprint density at radius 2 is 2.26 bits per heavy atom. The molecule has 0 bridgehead atoms. The molecular weight excluding hydrogens is 310 g/mol. The first-order valence-electron chi connectivity index (χ1n) is 6.45. The first-order valence-corrected chi connectivity index (χ1v) is 7.24. The third-order valence-electron chi connectivity index (χ3n) is 3.02. The summed E-state index contributed by atoms with van der Waals surface area (Å²) in [5.41, 5.74) is 1.12. The fourth-order valence-corrected chi connectivity index (χ4v) is 2.67. The second-order valence-corrected chi connectivity index (χ2v) is 5.57. The number of hydrogen-bond donors (Lipinski definition) is 1. The van der Waals surface area contributed by atoms with E-state index in [1.54, 1.807) is 7.11 Å². The van der Waals surface area contributed by atoms with Crippen molar-refractivity contribution in [2.45, 2.75) is 25.7 Å². The third-order valence-corrected chi connectivity index (χ3v) is 3.64. The van der Waals surface area contributed by atoms with Crippen molar-refractivity contribution in [1.29, 1.82) is 0 Å². The monoisotopic (exact) mass is 329 g/mol. The van der Waals surface area contributed by atoms with Crippen LogP contribution in [0.2, 0.25) is 0 Å². The third kappa shape index (κ3) is 4.45. The maximum atomic E-state index is 5.77. The van der Waals surface area contributed by atoms with Gasteiger partial charge >= 0.3 is 0 Å². The normalized spacial score (nSPS) is 23.3. The summed E-state index contributed by atoms with van der Waals surface area (Å²) in [6, 6.07) is 5.96. The molecule has 19 heavy (non-hydrogen) atoms. The Hall–Kier alpha value is -0.620. The molecule has 1 heterocycles. The SMILES string of the molecule is COc1ccc(COCC2CNCC(C)O2)cc1Br. The van der Waals surface area contributed by atoms with E-state index < -0.39 is 0 Å². The molecule has 0 amide bonds. The van der Waals surface area contributed by atoms with Crippen LogP contribution in [0.1, 0.15) is 12.5 Å². The Morgan fingerprint density at radius 1 is 1.42 bits per heavy atom. The average molecular weight is 330 g/mol. The molecule has 1 saturated heterocycles. The summed E-state index contributed by atoms with van der Waals surface area (Å²) in [4.78, 5) is 0. The zero-order valence-corrected chi connectivity index (χ0v) is 12.9. The predicted molar refractivity (Wildman–Crippen MR) is 77.6 cm³/mol. The highest BCUT2D eigenvalue weighted by atomic mass is 79.9. The van der Waals surface area contributed by atoms with E-state index in [2.05, 4.69) is 28.2 Å². The highest BCUT2D eigenvalue weighted by Gasteiger charge is 2.18. The van der Waals surface area contributed by atoms with Gasteiger partial charge in [0.05, 0.1) is 37.0 Å². The molecule has 1 aromatic rings. The highest BCUT2D eigenvalue weighted by molar-refractivity contribution is 9.10. The molecule has 5 heteroatoms. The van der Waals surface area contributed by atoms with Gasteiger partial charge in [-0.05, 0) is 40.5 Å². The molecule has 0 aromatic heterocycles. The lowest BCUT2D eigenvalue weighted by Crippen LogP contribution is -2.45. The first-order chi connectivity index (χ1) is 9.19. The van der Waals surface area contributed by atoms with E-state index in [0.29, 0.717) is 13.2 Å². The van der Waals surface area contributed by atoms with E-state index in [9.17, 15) is 0 Å². The lowest BCUT2D eigenvalue weighted by atomic mass is 10.2. The second kappa shape index (κ2) is 7.24. The standard InChI is InChI=1S/C14H20BrNO3/c1-10-6-16-7-12(19-10)9-18-8-11-3-4-14(17-2)13(15)5-11/h3-5,10,12,16H,6-9H2,1-2H3. The fraction of sp³-hybridized carbons (Fsp3) is 0.571. The van der Waals surface area contributed by atoms with Crippen molar-refractivity contribution in [3.05, 3.63) is 28.2 Å². The van der Waals surface area contributed by atoms with Gasteiger partial charge in [0.25, 0.3) is 0 Å². The molecule has 2 unspecified atom stereocenters. The van der Waals surface area contributed by atoms with Gasteiger partial charge in [-0.2, -0.15) is 0 Å². The van der Waals surface area contributed by atoms with Gasteiger partial charge in [0.2, 0.25) is 0 Å². The van der Waals surface area contributed by atoms with Crippen LogP contribution in [0.25, 0.3) is 0 Å². The zero-order valence-electron chi connectivity index (χ0n) is 11.3. The van der Waals surface area contributed by atoms with Gasteiger partial charge in [-0.1, -0.05) is 6.07 Å². The summed E-state index contributed by atoms with van der Waals surface area (Å²) in [7, 11) is 1.66. The van der Waals surface area contributed by atoms with Crippen LogP contribution in [0.4, 0.5) is 0 Å². The molecule has 2 rings (SSSR count). The van der Waals surface area contributed by atoms with Crippen molar-refractivity contribution in [2.24, 2.45) is 0 Å². The maximum Gasteiger partial charge on any atom is 0.133 e. The van der Waals surface area contributed by atoms with Crippen LogP contribution >= 0.6 is 15.9 Å². The summed E-state index contributed by atoms with van der Waals surface area (Å²) in [5.74, 6) is 0.831. The quantitative estimate of drug-likeness (QED) is 0.900. The van der Waals surface area contributed by atoms with Crippen molar-refractivity contribution in [3.8, 4) is 5.75 Å². The molecule has 1 aliphatic rings. The summed E-state index contributed by atoms with van der Waals surface area (Å²) in [5, 5.41) is 3.33. The van der Waals surface area contributed by atoms with Gasteiger partial charge in [-0.3, -0.25) is 0 Å². The van der Waals surface area contributed by atoms with Gasteiger partial charge in [0, 0.05) is 13.1 Å². The minimum Gasteiger partial charge on any atom is -0.496 e. The number of morpholine rings is 1. The van der Waals surface area contributed by atoms with Crippen molar-refractivity contribution in [1.82, 2.24) is 5.32 Å². The molecule has 106 valence electrons. The molecule has 1 fully saturated rings. The molecule has 0 spiro atoms. The number of ether oxygens (including phenoxy) is 3. The molecule has 0 aliphatic carbocycles. The van der Waals surface area contributed by atoms with Crippen molar-refractivity contribution < 1.29 is 14.2 Å². The molecule has 2 atom stereocenters. The van der Waals surface area contributed by atoms with Crippen LogP contribution in [-0.2, 0) is 16.1 Å². The van der Waals surface area contributed by atoms with Crippen LogP contribution in [0, 0.1) is 0 Å². The van der Waals surface area contributed by atoms with E-state index >= 15 is 0 Å². The van der Waals surface area contributed by atoms with Gasteiger partial charge in [0.1, 0.15) is 5.75 Å². The minimum atomic E-state index is 0.144. The smallest absolute Gasteiger partial charge is 0.133 e. The van der Waals surface area contributed by atoms with Crippen LogP contribution in [0.3, 0.4) is 0 Å². The molecular formula is C14H20BrNO3.